The third kappa shape index (κ3) is 7.49. The van der Waals surface area contributed by atoms with Crippen LogP contribution < -0.4 is 14.4 Å². The summed E-state index contributed by atoms with van der Waals surface area (Å²) in [5.74, 6) is 1.67. The molecular formula is C24H30N2O5S. The van der Waals surface area contributed by atoms with Crippen LogP contribution in [0.25, 0.3) is 0 Å². The average molecular weight is 459 g/mol. The van der Waals surface area contributed by atoms with Crippen LogP contribution in [0.15, 0.2) is 53.9 Å². The van der Waals surface area contributed by atoms with E-state index in [0.717, 1.165) is 33.5 Å². The first-order valence-corrected chi connectivity index (χ1v) is 11.3. The summed E-state index contributed by atoms with van der Waals surface area (Å²) in [6, 6.07) is 16.1. The van der Waals surface area contributed by atoms with E-state index in [1.54, 1.807) is 25.6 Å². The highest BCUT2D eigenvalue weighted by Gasteiger charge is 2.14. The molecule has 0 aliphatic heterocycles. The molecule has 0 aliphatic carbocycles. The van der Waals surface area contributed by atoms with Gasteiger partial charge < -0.3 is 29.0 Å². The summed E-state index contributed by atoms with van der Waals surface area (Å²) in [7, 11) is 3.35. The lowest BCUT2D eigenvalue weighted by Gasteiger charge is -2.22. The maximum absolute atomic E-state index is 8.73. The van der Waals surface area contributed by atoms with Crippen LogP contribution in [0, 0.1) is 0 Å². The van der Waals surface area contributed by atoms with Gasteiger partial charge in [0.25, 0.3) is 0 Å². The number of thiazole rings is 1. The predicted molar refractivity (Wildman–Crippen MR) is 126 cm³/mol. The Balaban J connectivity index is 1.71. The zero-order chi connectivity index (χ0) is 22.6. The molecular weight excluding hydrogens is 428 g/mol. The lowest BCUT2D eigenvalue weighted by Crippen LogP contribution is -2.22. The first kappa shape index (κ1) is 24.0. The molecule has 3 rings (SSSR count). The third-order valence-corrected chi connectivity index (χ3v) is 5.63. The molecule has 8 heteroatoms. The molecule has 0 atom stereocenters. The minimum Gasteiger partial charge on any atom is -0.497 e. The van der Waals surface area contributed by atoms with E-state index in [9.17, 15) is 0 Å². The van der Waals surface area contributed by atoms with Crippen molar-refractivity contribution < 1.29 is 24.1 Å². The summed E-state index contributed by atoms with van der Waals surface area (Å²) in [6.45, 7) is 3.07. The van der Waals surface area contributed by atoms with E-state index >= 15 is 0 Å². The van der Waals surface area contributed by atoms with Crippen LogP contribution in [-0.4, -0.2) is 50.7 Å². The molecule has 0 fully saturated rings. The molecule has 1 heterocycles. The van der Waals surface area contributed by atoms with Crippen LogP contribution >= 0.6 is 11.3 Å². The molecule has 0 amide bonds. The summed E-state index contributed by atoms with van der Waals surface area (Å²) in [4.78, 5) is 7.04. The normalized spacial score (nSPS) is 10.8. The molecule has 172 valence electrons. The van der Waals surface area contributed by atoms with Crippen molar-refractivity contribution in [2.75, 3.05) is 45.5 Å². The van der Waals surface area contributed by atoms with Gasteiger partial charge in [0.05, 0.1) is 52.9 Å². The number of benzene rings is 2. The van der Waals surface area contributed by atoms with Gasteiger partial charge in [-0.3, -0.25) is 0 Å². The number of hydrogen-bond acceptors (Lipinski definition) is 8. The van der Waals surface area contributed by atoms with Gasteiger partial charge >= 0.3 is 0 Å². The number of ether oxygens (including phenoxy) is 4. The monoisotopic (exact) mass is 458 g/mol. The van der Waals surface area contributed by atoms with Crippen molar-refractivity contribution in [2.24, 2.45) is 0 Å². The molecule has 2 aromatic carbocycles. The van der Waals surface area contributed by atoms with E-state index in [1.807, 2.05) is 41.8 Å². The lowest BCUT2D eigenvalue weighted by atomic mass is 10.1. The Kier molecular flexibility index (Phi) is 9.77. The lowest BCUT2D eigenvalue weighted by molar-refractivity contribution is 0.0267. The highest BCUT2D eigenvalue weighted by molar-refractivity contribution is 7.13. The first-order valence-electron chi connectivity index (χ1n) is 10.4. The molecule has 32 heavy (non-hydrogen) atoms. The smallest absolute Gasteiger partial charge is 0.186 e. The number of aliphatic hydroxyl groups is 1. The fourth-order valence-corrected chi connectivity index (χ4v) is 3.95. The molecule has 1 N–H and O–H groups in total. The predicted octanol–water partition coefficient (Wildman–Crippen LogP) is 3.89. The number of anilines is 1. The first-order chi connectivity index (χ1) is 15.7. The van der Waals surface area contributed by atoms with Gasteiger partial charge in [0, 0.05) is 18.5 Å². The van der Waals surface area contributed by atoms with Crippen molar-refractivity contribution in [3.63, 3.8) is 0 Å². The highest BCUT2D eigenvalue weighted by atomic mass is 32.1. The van der Waals surface area contributed by atoms with E-state index in [2.05, 4.69) is 17.0 Å². The number of methoxy groups -OCH3 is 2. The summed E-state index contributed by atoms with van der Waals surface area (Å²) in [5, 5.41) is 11.7. The minimum absolute atomic E-state index is 0.0197. The van der Waals surface area contributed by atoms with Gasteiger partial charge in [-0.15, -0.1) is 11.3 Å². The molecule has 0 aliphatic rings. The second-order valence-electron chi connectivity index (χ2n) is 7.07. The number of nitrogens with zero attached hydrogens (tertiary/aromatic N) is 2. The fourth-order valence-electron chi connectivity index (χ4n) is 3.14. The largest absolute Gasteiger partial charge is 0.497 e. The van der Waals surface area contributed by atoms with Crippen molar-refractivity contribution in [3.8, 4) is 11.5 Å². The number of aromatic nitrogens is 1. The van der Waals surface area contributed by atoms with Crippen LogP contribution in [0.2, 0.25) is 0 Å². The Morgan fingerprint density at radius 2 is 1.50 bits per heavy atom. The second-order valence-corrected chi connectivity index (χ2v) is 7.91. The van der Waals surface area contributed by atoms with Gasteiger partial charge in [-0.2, -0.15) is 0 Å². The SMILES string of the molecule is COc1cccc(CN(Cc2cccc(OC)c2)c2nc(COCCOCCO)cs2)c1. The van der Waals surface area contributed by atoms with Gasteiger partial charge in [0.2, 0.25) is 0 Å². The number of hydrogen-bond donors (Lipinski definition) is 1. The van der Waals surface area contributed by atoms with E-state index < -0.39 is 0 Å². The molecule has 0 unspecified atom stereocenters. The Hall–Kier alpha value is -2.65. The molecule has 1 aromatic heterocycles. The van der Waals surface area contributed by atoms with Gasteiger partial charge in [-0.05, 0) is 35.4 Å². The molecule has 0 spiro atoms. The van der Waals surface area contributed by atoms with E-state index in [4.69, 9.17) is 29.0 Å². The maximum Gasteiger partial charge on any atom is 0.186 e. The maximum atomic E-state index is 8.73. The molecule has 0 bridgehead atoms. The number of aliphatic hydroxyl groups excluding tert-OH is 1. The zero-order valence-corrected chi connectivity index (χ0v) is 19.3. The van der Waals surface area contributed by atoms with Gasteiger partial charge in [0.1, 0.15) is 11.5 Å². The highest BCUT2D eigenvalue weighted by Crippen LogP contribution is 2.27. The van der Waals surface area contributed by atoms with Crippen molar-refractivity contribution in [1.82, 2.24) is 4.98 Å². The van der Waals surface area contributed by atoms with Crippen LogP contribution in [0.4, 0.5) is 5.13 Å². The van der Waals surface area contributed by atoms with Crippen molar-refractivity contribution in [2.45, 2.75) is 19.7 Å². The topological polar surface area (TPSA) is 73.3 Å². The Morgan fingerprint density at radius 3 is 2.09 bits per heavy atom. The Labute approximate surface area is 193 Å². The van der Waals surface area contributed by atoms with Gasteiger partial charge in [-0.25, -0.2) is 4.98 Å². The molecule has 7 nitrogen and oxygen atoms in total. The van der Waals surface area contributed by atoms with Gasteiger partial charge in [-0.1, -0.05) is 24.3 Å². The summed E-state index contributed by atoms with van der Waals surface area (Å²) < 4.78 is 21.6. The Bertz CT molecular complexity index is 900. The van der Waals surface area contributed by atoms with Crippen LogP contribution in [0.3, 0.4) is 0 Å². The summed E-state index contributed by atoms with van der Waals surface area (Å²) in [5.41, 5.74) is 3.16. The quantitative estimate of drug-likeness (QED) is 0.367. The molecule has 0 saturated carbocycles. The number of rotatable bonds is 14. The standard InChI is InChI=1S/C24H30N2O5S/c1-28-22-7-3-5-19(13-22)15-26(16-20-6-4-8-23(14-20)29-2)24-25-21(18-32-24)17-31-12-11-30-10-9-27/h3-8,13-14,18,27H,9-12,15-17H2,1-2H3. The van der Waals surface area contributed by atoms with Crippen LogP contribution in [-0.2, 0) is 29.2 Å². The van der Waals surface area contributed by atoms with Crippen molar-refractivity contribution in [3.05, 3.63) is 70.7 Å². The van der Waals surface area contributed by atoms with Crippen LogP contribution in [0.5, 0.6) is 11.5 Å². The molecule has 0 radical (unpaired) electrons. The zero-order valence-electron chi connectivity index (χ0n) is 18.5. The summed E-state index contributed by atoms with van der Waals surface area (Å²) >= 11 is 1.60. The van der Waals surface area contributed by atoms with Crippen molar-refractivity contribution in [1.29, 1.82) is 0 Å². The van der Waals surface area contributed by atoms with Crippen LogP contribution in [0.1, 0.15) is 16.8 Å². The molecule has 3 aromatic rings. The Morgan fingerprint density at radius 1 is 0.875 bits per heavy atom. The third-order valence-electron chi connectivity index (χ3n) is 4.68. The van der Waals surface area contributed by atoms with Crippen molar-refractivity contribution >= 4 is 16.5 Å². The van der Waals surface area contributed by atoms with E-state index in [1.165, 1.54) is 0 Å². The minimum atomic E-state index is 0.0197. The van der Waals surface area contributed by atoms with Gasteiger partial charge in [0.15, 0.2) is 5.13 Å². The fraction of sp³-hybridized carbons (Fsp3) is 0.375. The summed E-state index contributed by atoms with van der Waals surface area (Å²) in [6.07, 6.45) is 0. The molecule has 0 saturated heterocycles. The second kappa shape index (κ2) is 13.0. The van der Waals surface area contributed by atoms with E-state index in [0.29, 0.717) is 39.5 Å². The average Bonchev–Trinajstić information content (AvgIpc) is 3.30. The van der Waals surface area contributed by atoms with E-state index in [-0.39, 0.29) is 6.61 Å².